The Morgan fingerprint density at radius 1 is 1.18 bits per heavy atom. The van der Waals surface area contributed by atoms with Gasteiger partial charge in [0.05, 0.1) is 13.3 Å². The van der Waals surface area contributed by atoms with Crippen LogP contribution in [0.15, 0.2) is 30.5 Å². The van der Waals surface area contributed by atoms with E-state index in [9.17, 15) is 13.2 Å². The number of aryl methyl sites for hydroxylation is 2. The Morgan fingerprint density at radius 2 is 1.88 bits per heavy atom. The molecule has 0 atom stereocenters. The molecule has 0 spiro atoms. The second-order valence-electron chi connectivity index (χ2n) is 7.52. The molecule has 0 amide bonds. The molecule has 0 saturated heterocycles. The van der Waals surface area contributed by atoms with Crippen LogP contribution in [0.2, 0.25) is 0 Å². The van der Waals surface area contributed by atoms with Crippen LogP contribution in [0.25, 0.3) is 5.69 Å². The molecule has 0 aliphatic heterocycles. The number of aliphatic carboxylic acids is 1. The van der Waals surface area contributed by atoms with Gasteiger partial charge in [-0.2, -0.15) is 23.3 Å². The van der Waals surface area contributed by atoms with E-state index in [0.717, 1.165) is 41.5 Å². The molecular formula is C22H25F3N6O3. The van der Waals surface area contributed by atoms with Crippen molar-refractivity contribution in [1.29, 1.82) is 0 Å². The van der Waals surface area contributed by atoms with Gasteiger partial charge in [-0.05, 0) is 56.4 Å². The van der Waals surface area contributed by atoms with Gasteiger partial charge in [-0.25, -0.2) is 14.5 Å². The summed E-state index contributed by atoms with van der Waals surface area (Å²) in [5, 5.41) is 18.1. The first-order valence-electron chi connectivity index (χ1n) is 10.5. The molecular weight excluding hydrogens is 453 g/mol. The van der Waals surface area contributed by atoms with Crippen LogP contribution in [0.1, 0.15) is 29.8 Å². The monoisotopic (exact) mass is 478 g/mol. The van der Waals surface area contributed by atoms with E-state index < -0.39 is 12.1 Å². The average molecular weight is 478 g/mol. The fourth-order valence-corrected chi connectivity index (χ4v) is 3.51. The van der Waals surface area contributed by atoms with Crippen LogP contribution in [0, 0.1) is 6.92 Å². The van der Waals surface area contributed by atoms with Crippen molar-refractivity contribution in [3.8, 4) is 11.4 Å². The molecule has 1 aliphatic rings. The number of nitrogens with one attached hydrogen (secondary N) is 2. The summed E-state index contributed by atoms with van der Waals surface area (Å²) >= 11 is 0. The minimum Gasteiger partial charge on any atom is -0.494 e. The Morgan fingerprint density at radius 3 is 2.53 bits per heavy atom. The van der Waals surface area contributed by atoms with Crippen molar-refractivity contribution in [1.82, 2.24) is 19.7 Å². The van der Waals surface area contributed by atoms with Crippen molar-refractivity contribution in [2.75, 3.05) is 24.8 Å². The molecule has 182 valence electrons. The molecule has 0 bridgehead atoms. The highest BCUT2D eigenvalue weighted by molar-refractivity contribution is 5.73. The maximum Gasteiger partial charge on any atom is 0.490 e. The summed E-state index contributed by atoms with van der Waals surface area (Å²) in [6.07, 6.45) is 1.47. The van der Waals surface area contributed by atoms with Crippen molar-refractivity contribution in [2.45, 2.75) is 38.8 Å². The van der Waals surface area contributed by atoms with Gasteiger partial charge in [0.2, 0.25) is 5.95 Å². The predicted molar refractivity (Wildman–Crippen MR) is 120 cm³/mol. The third-order valence-electron chi connectivity index (χ3n) is 5.08. The van der Waals surface area contributed by atoms with Crippen LogP contribution < -0.4 is 15.4 Å². The maximum absolute atomic E-state index is 10.6. The molecule has 0 unspecified atom stereocenters. The molecule has 0 saturated carbocycles. The average Bonchev–Trinajstić information content (AvgIpc) is 3.22. The highest BCUT2D eigenvalue weighted by Gasteiger charge is 2.38. The third kappa shape index (κ3) is 5.94. The van der Waals surface area contributed by atoms with Gasteiger partial charge < -0.3 is 20.5 Å². The van der Waals surface area contributed by atoms with Gasteiger partial charge in [-0.3, -0.25) is 0 Å². The number of hydrogen-bond acceptors (Lipinski definition) is 7. The van der Waals surface area contributed by atoms with Crippen LogP contribution in [0.5, 0.6) is 5.75 Å². The normalized spacial score (nSPS) is 12.8. The van der Waals surface area contributed by atoms with E-state index in [2.05, 4.69) is 25.7 Å². The molecule has 2 aromatic heterocycles. The zero-order valence-electron chi connectivity index (χ0n) is 18.9. The third-order valence-corrected chi connectivity index (χ3v) is 5.08. The fourth-order valence-electron chi connectivity index (χ4n) is 3.51. The number of benzene rings is 1. The number of halogens is 3. The maximum atomic E-state index is 10.6. The second-order valence-corrected chi connectivity index (χ2v) is 7.52. The molecule has 12 heteroatoms. The predicted octanol–water partition coefficient (Wildman–Crippen LogP) is 4.28. The van der Waals surface area contributed by atoms with Crippen molar-refractivity contribution in [2.24, 2.45) is 0 Å². The molecule has 3 aromatic rings. The van der Waals surface area contributed by atoms with Crippen LogP contribution >= 0.6 is 0 Å². The quantitative estimate of drug-likeness (QED) is 0.498. The number of fused-ring (bicyclic) bond motifs is 1. The second kappa shape index (κ2) is 10.4. The number of alkyl halides is 3. The molecule has 0 radical (unpaired) electrons. The molecule has 3 N–H and O–H groups in total. The molecule has 2 heterocycles. The van der Waals surface area contributed by atoms with E-state index in [4.69, 9.17) is 14.6 Å². The smallest absolute Gasteiger partial charge is 0.490 e. The van der Waals surface area contributed by atoms with Crippen molar-refractivity contribution < 1.29 is 27.8 Å². The number of anilines is 3. The van der Waals surface area contributed by atoms with E-state index in [1.165, 1.54) is 24.1 Å². The number of nitrogens with zero attached hydrogens (tertiary/aromatic N) is 4. The van der Waals surface area contributed by atoms with Gasteiger partial charge in [0.1, 0.15) is 17.3 Å². The fraction of sp³-hybridized carbons (Fsp3) is 0.364. The number of carbonyl (C=O) groups is 1. The first-order chi connectivity index (χ1) is 16.1. The number of carboxylic acids is 1. The van der Waals surface area contributed by atoms with Crippen LogP contribution in [-0.2, 0) is 17.6 Å². The van der Waals surface area contributed by atoms with Gasteiger partial charge in [-0.1, -0.05) is 0 Å². The van der Waals surface area contributed by atoms with Crippen molar-refractivity contribution >= 4 is 23.4 Å². The van der Waals surface area contributed by atoms with Crippen LogP contribution in [-0.4, -0.2) is 51.2 Å². The van der Waals surface area contributed by atoms with Gasteiger partial charge in [0.25, 0.3) is 0 Å². The highest BCUT2D eigenvalue weighted by Crippen LogP contribution is 2.31. The largest absolute Gasteiger partial charge is 0.494 e. The van der Waals surface area contributed by atoms with E-state index in [1.54, 1.807) is 7.11 Å². The van der Waals surface area contributed by atoms with Crippen molar-refractivity contribution in [3.05, 3.63) is 47.4 Å². The Hall–Kier alpha value is -3.83. The summed E-state index contributed by atoms with van der Waals surface area (Å²) in [7, 11) is 3.53. The molecule has 34 heavy (non-hydrogen) atoms. The molecule has 1 aliphatic carbocycles. The first-order valence-corrected chi connectivity index (χ1v) is 10.5. The Labute approximate surface area is 194 Å². The van der Waals surface area contributed by atoms with E-state index >= 15 is 0 Å². The van der Waals surface area contributed by atoms with E-state index in [1.807, 2.05) is 49.1 Å². The van der Waals surface area contributed by atoms with Crippen molar-refractivity contribution in [3.63, 3.8) is 0 Å². The lowest BCUT2D eigenvalue weighted by Gasteiger charge is -2.17. The summed E-state index contributed by atoms with van der Waals surface area (Å²) in [5.41, 5.74) is 5.32. The minimum atomic E-state index is -5.08. The van der Waals surface area contributed by atoms with E-state index in [-0.39, 0.29) is 0 Å². The molecule has 1 aromatic carbocycles. The number of aromatic nitrogens is 4. The standard InChI is InChI=1S/C20H24N6O.C2HF3O2/c1-13-10-19(21-2)25-20(23-13)24-15-8-9-18(27-3)17(11-15)26-16-7-5-4-6-14(16)12-22-26;3-2(4,5)1(6)7/h8-12H,4-7H2,1-3H3,(H2,21,23,24,25);(H,6,7). The molecule has 4 rings (SSSR count). The number of hydrogen-bond donors (Lipinski definition) is 3. The molecule has 9 nitrogen and oxygen atoms in total. The summed E-state index contributed by atoms with van der Waals surface area (Å²) in [4.78, 5) is 17.8. The van der Waals surface area contributed by atoms with Gasteiger partial charge in [0, 0.05) is 30.2 Å². The number of methoxy groups -OCH3 is 1. The summed E-state index contributed by atoms with van der Waals surface area (Å²) in [5.74, 6) is -0.636. The summed E-state index contributed by atoms with van der Waals surface area (Å²) in [6.45, 7) is 1.95. The zero-order chi connectivity index (χ0) is 24.9. The number of rotatable bonds is 5. The lowest BCUT2D eigenvalue weighted by molar-refractivity contribution is -0.192. The number of ether oxygens (including phenoxy) is 1. The van der Waals surface area contributed by atoms with E-state index in [0.29, 0.717) is 5.95 Å². The Balaban J connectivity index is 0.000000406. The van der Waals surface area contributed by atoms with Crippen LogP contribution in [0.3, 0.4) is 0 Å². The Kier molecular flexibility index (Phi) is 7.59. The highest BCUT2D eigenvalue weighted by atomic mass is 19.4. The van der Waals surface area contributed by atoms with Crippen LogP contribution in [0.4, 0.5) is 30.6 Å². The molecule has 0 fully saturated rings. The van der Waals surface area contributed by atoms with Gasteiger partial charge in [-0.15, -0.1) is 0 Å². The summed E-state index contributed by atoms with van der Waals surface area (Å²) < 4.78 is 39.3. The minimum absolute atomic E-state index is 0.554. The topological polar surface area (TPSA) is 114 Å². The lowest BCUT2D eigenvalue weighted by atomic mass is 9.98. The Bertz CT molecular complexity index is 1160. The zero-order valence-corrected chi connectivity index (χ0v) is 18.9. The SMILES string of the molecule is CNc1cc(C)nc(Nc2ccc(OC)c(-n3ncc4c3CCCC4)c2)n1.O=C(O)C(F)(F)F. The lowest BCUT2D eigenvalue weighted by Crippen LogP contribution is -2.21. The van der Waals surface area contributed by atoms with Gasteiger partial charge >= 0.3 is 12.1 Å². The summed E-state index contributed by atoms with van der Waals surface area (Å²) in [6, 6.07) is 7.85. The first kappa shape index (κ1) is 24.8. The number of carboxylic acid groups (broad SMARTS) is 1. The van der Waals surface area contributed by atoms with Gasteiger partial charge in [0.15, 0.2) is 0 Å².